The molecule has 1 aliphatic rings. The number of piperidine rings is 1. The summed E-state index contributed by atoms with van der Waals surface area (Å²) in [5.41, 5.74) is 1.28. The molecule has 34 heavy (non-hydrogen) atoms. The number of aromatic nitrogens is 2. The van der Waals surface area contributed by atoms with Gasteiger partial charge in [-0.1, -0.05) is 11.6 Å². The zero-order valence-corrected chi connectivity index (χ0v) is 20.3. The van der Waals surface area contributed by atoms with Gasteiger partial charge in [0.05, 0.1) is 17.6 Å². The molecule has 4 rings (SSSR count). The van der Waals surface area contributed by atoms with Crippen molar-refractivity contribution in [2.45, 2.75) is 18.9 Å². The standard InChI is InChI=1S/C24H29ClFN5O3/c1-30(2)17-6-8-31(9-7-17)34-11-10-33-23-13-18-21(14-22(23)32-3)27-15-28-24(18)29-16-4-5-20(26)19(25)12-16/h4-5,12-15,17H,6-11H2,1-3H3,(H,27,28,29). The summed E-state index contributed by atoms with van der Waals surface area (Å²) in [5.74, 6) is 1.18. The van der Waals surface area contributed by atoms with Gasteiger partial charge >= 0.3 is 0 Å². The minimum atomic E-state index is -0.482. The first-order valence-electron chi connectivity index (χ1n) is 11.2. The number of hydroxylamine groups is 2. The van der Waals surface area contributed by atoms with Crippen LogP contribution in [0.5, 0.6) is 11.5 Å². The quantitative estimate of drug-likeness (QED) is 0.440. The number of ether oxygens (including phenoxy) is 2. The number of hydrogen-bond acceptors (Lipinski definition) is 8. The maximum atomic E-state index is 13.5. The van der Waals surface area contributed by atoms with Crippen LogP contribution in [-0.2, 0) is 4.84 Å². The first-order valence-corrected chi connectivity index (χ1v) is 11.5. The van der Waals surface area contributed by atoms with E-state index in [-0.39, 0.29) is 5.02 Å². The van der Waals surface area contributed by atoms with E-state index in [4.69, 9.17) is 25.9 Å². The van der Waals surface area contributed by atoms with Crippen LogP contribution in [0.4, 0.5) is 15.9 Å². The van der Waals surface area contributed by atoms with E-state index in [9.17, 15) is 4.39 Å². The van der Waals surface area contributed by atoms with E-state index in [1.807, 2.05) is 11.1 Å². The van der Waals surface area contributed by atoms with Crippen LogP contribution in [0.15, 0.2) is 36.7 Å². The van der Waals surface area contributed by atoms with Gasteiger partial charge in [0.15, 0.2) is 11.5 Å². The molecule has 0 unspecified atom stereocenters. The fourth-order valence-corrected chi connectivity index (χ4v) is 4.13. The molecule has 0 saturated carbocycles. The largest absolute Gasteiger partial charge is 0.493 e. The summed E-state index contributed by atoms with van der Waals surface area (Å²) in [5, 5.41) is 5.93. The van der Waals surface area contributed by atoms with Crippen LogP contribution in [-0.4, -0.2) is 73.5 Å². The molecule has 1 aliphatic heterocycles. The van der Waals surface area contributed by atoms with Gasteiger partial charge in [0.2, 0.25) is 0 Å². The monoisotopic (exact) mass is 489 g/mol. The van der Waals surface area contributed by atoms with Crippen molar-refractivity contribution >= 4 is 34.0 Å². The lowest BCUT2D eigenvalue weighted by molar-refractivity contribution is -0.178. The Bertz CT molecular complexity index is 1130. The predicted molar refractivity (Wildman–Crippen MR) is 131 cm³/mol. The van der Waals surface area contributed by atoms with Crippen molar-refractivity contribution in [1.29, 1.82) is 0 Å². The molecule has 0 aliphatic carbocycles. The summed E-state index contributed by atoms with van der Waals surface area (Å²) in [6, 6.07) is 8.62. The van der Waals surface area contributed by atoms with Crippen molar-refractivity contribution in [3.63, 3.8) is 0 Å². The van der Waals surface area contributed by atoms with E-state index >= 15 is 0 Å². The molecule has 0 atom stereocenters. The third-order valence-electron chi connectivity index (χ3n) is 5.87. The Labute approximate surface area is 203 Å². The molecule has 0 bridgehead atoms. The van der Waals surface area contributed by atoms with Gasteiger partial charge in [0.1, 0.15) is 31.2 Å². The molecule has 1 saturated heterocycles. The molecule has 0 spiro atoms. The number of fused-ring (bicyclic) bond motifs is 1. The maximum absolute atomic E-state index is 13.5. The number of nitrogens with one attached hydrogen (secondary N) is 1. The molecule has 0 radical (unpaired) electrons. The number of halogens is 2. The first-order chi connectivity index (χ1) is 16.4. The normalized spacial score (nSPS) is 15.1. The van der Waals surface area contributed by atoms with Crippen LogP contribution in [0.2, 0.25) is 5.02 Å². The van der Waals surface area contributed by atoms with E-state index < -0.39 is 5.82 Å². The highest BCUT2D eigenvalue weighted by molar-refractivity contribution is 6.31. The molecular weight excluding hydrogens is 461 g/mol. The second-order valence-electron chi connectivity index (χ2n) is 8.30. The van der Waals surface area contributed by atoms with Gasteiger partial charge in [-0.3, -0.25) is 4.84 Å². The number of rotatable bonds is 9. The van der Waals surface area contributed by atoms with Gasteiger partial charge in [-0.2, -0.15) is 5.06 Å². The summed E-state index contributed by atoms with van der Waals surface area (Å²) in [6.07, 6.45) is 3.62. The molecule has 2 heterocycles. The number of hydrogen-bond donors (Lipinski definition) is 1. The molecule has 1 aromatic heterocycles. The molecular formula is C24H29ClFN5O3. The number of methoxy groups -OCH3 is 1. The summed E-state index contributed by atoms with van der Waals surface area (Å²) >= 11 is 5.91. The van der Waals surface area contributed by atoms with Gasteiger partial charge in [-0.05, 0) is 51.2 Å². The number of anilines is 2. The average Bonchev–Trinajstić information content (AvgIpc) is 2.84. The van der Waals surface area contributed by atoms with Crippen LogP contribution in [0, 0.1) is 5.82 Å². The van der Waals surface area contributed by atoms with Crippen LogP contribution in [0.3, 0.4) is 0 Å². The Kier molecular flexibility index (Phi) is 7.99. The van der Waals surface area contributed by atoms with Gasteiger partial charge in [0, 0.05) is 36.3 Å². The number of benzene rings is 2. The maximum Gasteiger partial charge on any atom is 0.162 e. The van der Waals surface area contributed by atoms with Crippen molar-refractivity contribution in [3.05, 3.63) is 47.5 Å². The predicted octanol–water partition coefficient (Wildman–Crippen LogP) is 4.51. The fraction of sp³-hybridized carbons (Fsp3) is 0.417. The SMILES string of the molecule is COc1cc2ncnc(Nc3ccc(F)c(Cl)c3)c2cc1OCCON1CCC(N(C)C)CC1. The minimum Gasteiger partial charge on any atom is -0.493 e. The minimum absolute atomic E-state index is 0.0278. The Morgan fingerprint density at radius 2 is 1.91 bits per heavy atom. The Balaban J connectivity index is 1.42. The lowest BCUT2D eigenvalue weighted by Crippen LogP contribution is -2.42. The third-order valence-corrected chi connectivity index (χ3v) is 6.16. The Hall–Kier alpha value is -2.72. The van der Waals surface area contributed by atoms with Gasteiger partial charge < -0.3 is 19.7 Å². The third kappa shape index (κ3) is 5.85. The van der Waals surface area contributed by atoms with Gasteiger partial charge in [-0.25, -0.2) is 14.4 Å². The molecule has 182 valence electrons. The summed E-state index contributed by atoms with van der Waals surface area (Å²) < 4.78 is 25.0. The highest BCUT2D eigenvalue weighted by atomic mass is 35.5. The zero-order chi connectivity index (χ0) is 24.1. The Morgan fingerprint density at radius 1 is 1.12 bits per heavy atom. The van der Waals surface area contributed by atoms with E-state index in [1.54, 1.807) is 19.2 Å². The summed E-state index contributed by atoms with van der Waals surface area (Å²) in [6.45, 7) is 2.60. The highest BCUT2D eigenvalue weighted by Crippen LogP contribution is 2.35. The number of nitrogens with zero attached hydrogens (tertiary/aromatic N) is 4. The van der Waals surface area contributed by atoms with Gasteiger partial charge in [-0.15, -0.1) is 0 Å². The van der Waals surface area contributed by atoms with E-state index in [2.05, 4.69) is 34.3 Å². The fourth-order valence-electron chi connectivity index (χ4n) is 3.95. The van der Waals surface area contributed by atoms with Crippen molar-refractivity contribution in [1.82, 2.24) is 19.9 Å². The summed E-state index contributed by atoms with van der Waals surface area (Å²) in [4.78, 5) is 16.8. The van der Waals surface area contributed by atoms with Crippen molar-refractivity contribution in [3.8, 4) is 11.5 Å². The van der Waals surface area contributed by atoms with E-state index in [1.165, 1.54) is 18.5 Å². The van der Waals surface area contributed by atoms with Crippen molar-refractivity contribution in [2.75, 3.05) is 52.8 Å². The van der Waals surface area contributed by atoms with Crippen molar-refractivity contribution < 1.29 is 18.7 Å². The van der Waals surface area contributed by atoms with Crippen LogP contribution >= 0.6 is 11.6 Å². The molecule has 8 nitrogen and oxygen atoms in total. The molecule has 2 aromatic carbocycles. The average molecular weight is 490 g/mol. The molecule has 1 N–H and O–H groups in total. The molecule has 10 heteroatoms. The van der Waals surface area contributed by atoms with Crippen LogP contribution in [0.25, 0.3) is 10.9 Å². The van der Waals surface area contributed by atoms with Crippen LogP contribution < -0.4 is 14.8 Å². The lowest BCUT2D eigenvalue weighted by atomic mass is 10.1. The topological polar surface area (TPSA) is 72.0 Å². The molecule has 1 fully saturated rings. The summed E-state index contributed by atoms with van der Waals surface area (Å²) in [7, 11) is 5.82. The lowest BCUT2D eigenvalue weighted by Gasteiger charge is -2.34. The smallest absolute Gasteiger partial charge is 0.162 e. The highest BCUT2D eigenvalue weighted by Gasteiger charge is 2.21. The molecule has 0 amide bonds. The molecule has 3 aromatic rings. The van der Waals surface area contributed by atoms with E-state index in [0.29, 0.717) is 47.8 Å². The Morgan fingerprint density at radius 3 is 2.62 bits per heavy atom. The second-order valence-corrected chi connectivity index (χ2v) is 8.71. The first kappa shape index (κ1) is 24.4. The van der Waals surface area contributed by atoms with E-state index in [0.717, 1.165) is 31.3 Å². The zero-order valence-electron chi connectivity index (χ0n) is 19.6. The van der Waals surface area contributed by atoms with Crippen molar-refractivity contribution in [2.24, 2.45) is 0 Å². The van der Waals surface area contributed by atoms with Crippen LogP contribution in [0.1, 0.15) is 12.8 Å². The van der Waals surface area contributed by atoms with Gasteiger partial charge in [0.25, 0.3) is 0 Å². The second kappa shape index (κ2) is 11.1.